The van der Waals surface area contributed by atoms with Crippen LogP contribution in [0.25, 0.3) is 0 Å². The molecule has 0 radical (unpaired) electrons. The van der Waals surface area contributed by atoms with E-state index in [-0.39, 0.29) is 0 Å². The minimum absolute atomic E-state index is 0.553. The second kappa shape index (κ2) is 6.91. The van der Waals surface area contributed by atoms with Crippen molar-refractivity contribution in [1.29, 1.82) is 0 Å². The summed E-state index contributed by atoms with van der Waals surface area (Å²) in [6.07, 6.45) is 0.898. The molecule has 0 saturated heterocycles. The monoisotopic (exact) mass is 404 g/mol. The highest BCUT2D eigenvalue weighted by molar-refractivity contribution is 14.1. The molecule has 0 fully saturated rings. The highest BCUT2D eigenvalue weighted by atomic mass is 127. The van der Waals surface area contributed by atoms with Crippen molar-refractivity contribution < 1.29 is 5.11 Å². The first-order valence-corrected chi connectivity index (χ1v) is 8.19. The molecule has 0 aliphatic carbocycles. The molecule has 2 rings (SSSR count). The fourth-order valence-electron chi connectivity index (χ4n) is 2.20. The number of aryl methyl sites for hydroxylation is 2. The van der Waals surface area contributed by atoms with Crippen LogP contribution in [0, 0.1) is 3.57 Å². The summed E-state index contributed by atoms with van der Waals surface area (Å²) in [6.45, 7) is 4.96. The van der Waals surface area contributed by atoms with Crippen LogP contribution in [0.1, 0.15) is 36.9 Å². The van der Waals surface area contributed by atoms with Crippen molar-refractivity contribution in [3.8, 4) is 0 Å². The van der Waals surface area contributed by atoms with Gasteiger partial charge in [0, 0.05) is 27.3 Å². The third kappa shape index (κ3) is 3.54. The zero-order chi connectivity index (χ0) is 14.7. The summed E-state index contributed by atoms with van der Waals surface area (Å²) >= 11 is 8.24. The van der Waals surface area contributed by atoms with Gasteiger partial charge in [0.2, 0.25) is 0 Å². The van der Waals surface area contributed by atoms with Gasteiger partial charge in [-0.1, -0.05) is 18.5 Å². The lowest BCUT2D eigenvalue weighted by atomic mass is 10.0. The Balaban J connectivity index is 2.24. The van der Waals surface area contributed by atoms with Gasteiger partial charge in [0.05, 0.1) is 11.8 Å². The van der Waals surface area contributed by atoms with Gasteiger partial charge in [-0.25, -0.2) is 0 Å². The topological polar surface area (TPSA) is 38.0 Å². The maximum absolute atomic E-state index is 10.5. The van der Waals surface area contributed by atoms with E-state index in [2.05, 4.69) is 47.6 Å². The van der Waals surface area contributed by atoms with E-state index >= 15 is 0 Å². The molecule has 0 aliphatic heterocycles. The average Bonchev–Trinajstić information content (AvgIpc) is 2.83. The third-order valence-electron chi connectivity index (χ3n) is 3.30. The van der Waals surface area contributed by atoms with Crippen molar-refractivity contribution in [3.05, 3.63) is 49.8 Å². The van der Waals surface area contributed by atoms with Crippen LogP contribution in [0.2, 0.25) is 5.02 Å². The van der Waals surface area contributed by atoms with Crippen molar-refractivity contribution in [3.63, 3.8) is 0 Å². The molecule has 1 atom stereocenters. The van der Waals surface area contributed by atoms with Crippen LogP contribution in [-0.2, 0) is 19.4 Å². The largest absolute Gasteiger partial charge is 0.388 e. The summed E-state index contributed by atoms with van der Waals surface area (Å²) in [5.74, 6) is 0. The molecule has 0 aliphatic rings. The van der Waals surface area contributed by atoms with E-state index in [4.69, 9.17) is 11.6 Å². The molecule has 1 aromatic heterocycles. The van der Waals surface area contributed by atoms with E-state index in [0.717, 1.165) is 33.5 Å². The Labute approximate surface area is 138 Å². The second-order valence-electron chi connectivity index (χ2n) is 4.68. The number of halogens is 2. The van der Waals surface area contributed by atoms with Gasteiger partial charge in [-0.15, -0.1) is 0 Å². The zero-order valence-corrected chi connectivity index (χ0v) is 14.5. The highest BCUT2D eigenvalue weighted by Crippen LogP contribution is 2.26. The van der Waals surface area contributed by atoms with Gasteiger partial charge in [0.1, 0.15) is 0 Å². The Morgan fingerprint density at radius 2 is 2.10 bits per heavy atom. The van der Waals surface area contributed by atoms with E-state index in [1.807, 2.05) is 22.9 Å². The molecule has 0 bridgehead atoms. The minimum Gasteiger partial charge on any atom is -0.388 e. The molecule has 0 spiro atoms. The minimum atomic E-state index is -0.563. The van der Waals surface area contributed by atoms with Crippen LogP contribution < -0.4 is 0 Å². The molecule has 20 heavy (non-hydrogen) atoms. The summed E-state index contributed by atoms with van der Waals surface area (Å²) < 4.78 is 2.98. The molecular formula is C15H18ClIN2O. The smallest absolute Gasteiger partial charge is 0.0856 e. The summed E-state index contributed by atoms with van der Waals surface area (Å²) in [5, 5.41) is 15.6. The van der Waals surface area contributed by atoms with Crippen molar-refractivity contribution in [2.45, 2.75) is 39.3 Å². The lowest BCUT2D eigenvalue weighted by Gasteiger charge is -2.14. The summed E-state index contributed by atoms with van der Waals surface area (Å²) in [4.78, 5) is 0. The Hall–Kier alpha value is -0.590. The number of nitrogens with zero attached hydrogens (tertiary/aromatic N) is 2. The van der Waals surface area contributed by atoms with Crippen molar-refractivity contribution in [1.82, 2.24) is 9.78 Å². The zero-order valence-electron chi connectivity index (χ0n) is 11.6. The number of aliphatic hydroxyl groups is 1. The Bertz CT molecular complexity index is 598. The predicted octanol–water partition coefficient (Wildman–Crippen LogP) is 4.00. The van der Waals surface area contributed by atoms with E-state index in [1.54, 1.807) is 0 Å². The first kappa shape index (κ1) is 15.8. The van der Waals surface area contributed by atoms with Crippen molar-refractivity contribution in [2.75, 3.05) is 0 Å². The molecule has 1 heterocycles. The fraction of sp³-hybridized carbons (Fsp3) is 0.400. The maximum Gasteiger partial charge on any atom is 0.0856 e. The molecule has 0 saturated carbocycles. The quantitative estimate of drug-likeness (QED) is 0.765. The number of aromatic nitrogens is 2. The van der Waals surface area contributed by atoms with Gasteiger partial charge in [-0.3, -0.25) is 4.68 Å². The normalized spacial score (nSPS) is 12.7. The van der Waals surface area contributed by atoms with Crippen molar-refractivity contribution >= 4 is 34.2 Å². The van der Waals surface area contributed by atoms with Crippen LogP contribution in [0.5, 0.6) is 0 Å². The van der Waals surface area contributed by atoms with E-state index in [9.17, 15) is 5.11 Å². The highest BCUT2D eigenvalue weighted by Gasteiger charge is 2.16. The van der Waals surface area contributed by atoms with E-state index < -0.39 is 6.10 Å². The van der Waals surface area contributed by atoms with Gasteiger partial charge in [0.25, 0.3) is 0 Å². The van der Waals surface area contributed by atoms with E-state index in [1.165, 1.54) is 0 Å². The Morgan fingerprint density at radius 3 is 2.75 bits per heavy atom. The lowest BCUT2D eigenvalue weighted by molar-refractivity contribution is 0.174. The maximum atomic E-state index is 10.5. The Morgan fingerprint density at radius 1 is 1.35 bits per heavy atom. The first-order chi connectivity index (χ1) is 9.55. The third-order valence-corrected chi connectivity index (χ3v) is 4.51. The Kier molecular flexibility index (Phi) is 5.46. The molecule has 108 valence electrons. The van der Waals surface area contributed by atoms with Gasteiger partial charge >= 0.3 is 0 Å². The number of aliphatic hydroxyl groups excluding tert-OH is 1. The number of benzene rings is 1. The molecule has 3 nitrogen and oxygen atoms in total. The predicted molar refractivity (Wildman–Crippen MR) is 90.1 cm³/mol. The molecule has 1 N–H and O–H groups in total. The first-order valence-electron chi connectivity index (χ1n) is 6.73. The van der Waals surface area contributed by atoms with Gasteiger partial charge in [-0.2, -0.15) is 5.10 Å². The number of hydrogen-bond acceptors (Lipinski definition) is 2. The van der Waals surface area contributed by atoms with Crippen LogP contribution in [0.4, 0.5) is 0 Å². The number of rotatable bonds is 5. The average molecular weight is 405 g/mol. The standard InChI is InChI=1S/C15H18ClIN2O/c1-3-11-8-12(19(4-2)18-11)9-15(20)13-7-10(16)5-6-14(13)17/h5-8,15,20H,3-4,9H2,1-2H3. The molecule has 5 heteroatoms. The summed E-state index contributed by atoms with van der Waals surface area (Å²) in [7, 11) is 0. The van der Waals surface area contributed by atoms with Gasteiger partial charge < -0.3 is 5.11 Å². The van der Waals surface area contributed by atoms with Crippen LogP contribution in [0.15, 0.2) is 24.3 Å². The fourth-order valence-corrected chi connectivity index (χ4v) is 3.08. The van der Waals surface area contributed by atoms with Gasteiger partial charge in [-0.05, 0) is 65.8 Å². The second-order valence-corrected chi connectivity index (χ2v) is 6.28. The van der Waals surface area contributed by atoms with Gasteiger partial charge in [0.15, 0.2) is 0 Å². The summed E-state index contributed by atoms with van der Waals surface area (Å²) in [5.41, 5.74) is 3.00. The SMILES string of the molecule is CCc1cc(CC(O)c2cc(Cl)ccc2I)n(CC)n1. The molecule has 2 aromatic rings. The molecule has 1 unspecified atom stereocenters. The van der Waals surface area contributed by atoms with Crippen LogP contribution in [-0.4, -0.2) is 14.9 Å². The van der Waals surface area contributed by atoms with Crippen LogP contribution >= 0.6 is 34.2 Å². The van der Waals surface area contributed by atoms with Crippen molar-refractivity contribution in [2.24, 2.45) is 0 Å². The molecule has 0 amide bonds. The molecular weight excluding hydrogens is 387 g/mol. The number of hydrogen-bond donors (Lipinski definition) is 1. The summed E-state index contributed by atoms with van der Waals surface area (Å²) in [6, 6.07) is 7.67. The van der Waals surface area contributed by atoms with Crippen LogP contribution in [0.3, 0.4) is 0 Å². The molecule has 1 aromatic carbocycles. The van der Waals surface area contributed by atoms with E-state index in [0.29, 0.717) is 11.4 Å². The lowest BCUT2D eigenvalue weighted by Crippen LogP contribution is -2.09.